The Bertz CT molecular complexity index is 425. The van der Waals surface area contributed by atoms with E-state index < -0.39 is 0 Å². The monoisotopic (exact) mass is 260 g/mol. The van der Waals surface area contributed by atoms with Crippen molar-refractivity contribution in [2.75, 3.05) is 6.54 Å². The lowest BCUT2D eigenvalue weighted by Crippen LogP contribution is -2.33. The van der Waals surface area contributed by atoms with Crippen molar-refractivity contribution in [3.63, 3.8) is 0 Å². The van der Waals surface area contributed by atoms with Crippen molar-refractivity contribution < 1.29 is 0 Å². The second-order valence-electron chi connectivity index (χ2n) is 4.51. The van der Waals surface area contributed by atoms with Gasteiger partial charge in [-0.2, -0.15) is 0 Å². The average Bonchev–Trinajstić information content (AvgIpc) is 2.90. The third kappa shape index (κ3) is 4.24. The molecule has 0 radical (unpaired) electrons. The summed E-state index contributed by atoms with van der Waals surface area (Å²) < 4.78 is 0. The van der Waals surface area contributed by atoms with E-state index in [-0.39, 0.29) is 0 Å². The highest BCUT2D eigenvalue weighted by Gasteiger charge is 2.10. The van der Waals surface area contributed by atoms with E-state index in [9.17, 15) is 0 Å². The maximum Gasteiger partial charge on any atom is 0.0794 e. The maximum absolute atomic E-state index is 4.15. The fourth-order valence-electron chi connectivity index (χ4n) is 2.05. The minimum absolute atomic E-state index is 0.507. The van der Waals surface area contributed by atoms with Crippen molar-refractivity contribution in [1.82, 2.24) is 10.3 Å². The number of hydrogen-bond acceptors (Lipinski definition) is 3. The van der Waals surface area contributed by atoms with E-state index >= 15 is 0 Å². The molecule has 0 fully saturated rings. The third-order valence-corrected chi connectivity index (χ3v) is 3.74. The molecule has 1 aromatic carbocycles. The summed E-state index contributed by atoms with van der Waals surface area (Å²) in [6.07, 6.45) is 5.31. The van der Waals surface area contributed by atoms with Gasteiger partial charge in [-0.15, -0.1) is 11.3 Å². The lowest BCUT2D eigenvalue weighted by Gasteiger charge is -2.17. The molecule has 1 atom stereocenters. The van der Waals surface area contributed by atoms with E-state index in [4.69, 9.17) is 0 Å². The second-order valence-corrected chi connectivity index (χ2v) is 5.48. The largest absolute Gasteiger partial charge is 0.313 e. The summed E-state index contributed by atoms with van der Waals surface area (Å²) >= 11 is 1.74. The molecule has 3 heteroatoms. The first-order valence-electron chi connectivity index (χ1n) is 6.53. The van der Waals surface area contributed by atoms with Crippen LogP contribution in [0.25, 0.3) is 0 Å². The summed E-state index contributed by atoms with van der Waals surface area (Å²) in [5.74, 6) is 0. The van der Waals surface area contributed by atoms with Gasteiger partial charge in [-0.25, -0.2) is 0 Å². The first-order chi connectivity index (χ1) is 8.88. The Kier molecular flexibility index (Phi) is 5.36. The van der Waals surface area contributed by atoms with Crippen molar-refractivity contribution in [1.29, 1.82) is 0 Å². The summed E-state index contributed by atoms with van der Waals surface area (Å²) in [7, 11) is 0. The molecule has 0 spiro atoms. The van der Waals surface area contributed by atoms with Crippen LogP contribution in [0, 0.1) is 0 Å². The Morgan fingerprint density at radius 1 is 1.22 bits per heavy atom. The maximum atomic E-state index is 4.15. The van der Waals surface area contributed by atoms with Crippen LogP contribution in [0.2, 0.25) is 0 Å². The highest BCUT2D eigenvalue weighted by atomic mass is 32.1. The Labute approximate surface area is 113 Å². The average molecular weight is 260 g/mol. The lowest BCUT2D eigenvalue weighted by atomic mass is 10.0. The quantitative estimate of drug-likeness (QED) is 0.826. The van der Waals surface area contributed by atoms with Gasteiger partial charge < -0.3 is 5.32 Å². The Morgan fingerprint density at radius 2 is 2.06 bits per heavy atom. The molecule has 2 nitrogen and oxygen atoms in total. The van der Waals surface area contributed by atoms with Gasteiger partial charge in [0, 0.05) is 17.1 Å². The summed E-state index contributed by atoms with van der Waals surface area (Å²) in [5, 5.41) is 3.64. The van der Waals surface area contributed by atoms with Crippen LogP contribution in [-0.2, 0) is 12.8 Å². The predicted molar refractivity (Wildman–Crippen MR) is 78.0 cm³/mol. The number of nitrogens with one attached hydrogen (secondary N) is 1. The van der Waals surface area contributed by atoms with E-state index in [0.717, 1.165) is 19.4 Å². The minimum atomic E-state index is 0.507. The van der Waals surface area contributed by atoms with Gasteiger partial charge in [-0.05, 0) is 31.4 Å². The van der Waals surface area contributed by atoms with Gasteiger partial charge in [0.2, 0.25) is 0 Å². The predicted octanol–water partition coefficient (Wildman–Crippen LogP) is 3.30. The Balaban J connectivity index is 1.96. The third-order valence-electron chi connectivity index (χ3n) is 2.94. The molecule has 0 amide bonds. The molecular formula is C15H20N2S. The fourth-order valence-corrected chi connectivity index (χ4v) is 2.73. The highest BCUT2D eigenvalue weighted by Crippen LogP contribution is 2.12. The van der Waals surface area contributed by atoms with Crippen LogP contribution >= 0.6 is 11.3 Å². The molecule has 1 unspecified atom stereocenters. The summed E-state index contributed by atoms with van der Waals surface area (Å²) in [6.45, 7) is 3.29. The molecule has 0 bridgehead atoms. The van der Waals surface area contributed by atoms with E-state index in [1.807, 2.05) is 11.7 Å². The first-order valence-corrected chi connectivity index (χ1v) is 7.41. The van der Waals surface area contributed by atoms with Crippen LogP contribution in [0.5, 0.6) is 0 Å². The van der Waals surface area contributed by atoms with Gasteiger partial charge in [0.25, 0.3) is 0 Å². The van der Waals surface area contributed by atoms with Gasteiger partial charge in [0.05, 0.1) is 5.51 Å². The molecule has 1 heterocycles. The number of hydrogen-bond donors (Lipinski definition) is 1. The molecule has 0 aliphatic rings. The standard InChI is InChI=1S/C15H20N2S/c1-2-8-17-14(10-15-11-16-12-18-15)9-13-6-4-3-5-7-13/h3-7,11-12,14,17H,2,8-10H2,1H3. The first kappa shape index (κ1) is 13.2. The smallest absolute Gasteiger partial charge is 0.0794 e. The Morgan fingerprint density at radius 3 is 2.72 bits per heavy atom. The van der Waals surface area contributed by atoms with Crippen LogP contribution < -0.4 is 5.32 Å². The van der Waals surface area contributed by atoms with Crippen LogP contribution in [0.15, 0.2) is 42.0 Å². The molecular weight excluding hydrogens is 240 g/mol. The van der Waals surface area contributed by atoms with Gasteiger partial charge >= 0.3 is 0 Å². The van der Waals surface area contributed by atoms with Gasteiger partial charge in [-0.1, -0.05) is 37.3 Å². The van der Waals surface area contributed by atoms with Gasteiger partial charge in [0.15, 0.2) is 0 Å². The van der Waals surface area contributed by atoms with Crippen LogP contribution in [-0.4, -0.2) is 17.6 Å². The topological polar surface area (TPSA) is 24.9 Å². The highest BCUT2D eigenvalue weighted by molar-refractivity contribution is 7.09. The zero-order valence-electron chi connectivity index (χ0n) is 10.8. The number of aromatic nitrogens is 1. The molecule has 96 valence electrons. The van der Waals surface area contributed by atoms with E-state index in [1.165, 1.54) is 16.9 Å². The van der Waals surface area contributed by atoms with Crippen molar-refractivity contribution in [2.45, 2.75) is 32.2 Å². The van der Waals surface area contributed by atoms with Crippen molar-refractivity contribution in [3.8, 4) is 0 Å². The lowest BCUT2D eigenvalue weighted by molar-refractivity contribution is 0.507. The Hall–Kier alpha value is -1.19. The molecule has 0 saturated carbocycles. The molecule has 2 aromatic rings. The minimum Gasteiger partial charge on any atom is -0.313 e. The van der Waals surface area contributed by atoms with Gasteiger partial charge in [-0.3, -0.25) is 4.98 Å². The molecule has 18 heavy (non-hydrogen) atoms. The molecule has 0 aliphatic carbocycles. The number of thiazole rings is 1. The molecule has 1 aromatic heterocycles. The SMILES string of the molecule is CCCNC(Cc1ccccc1)Cc1cncs1. The van der Waals surface area contributed by atoms with E-state index in [0.29, 0.717) is 6.04 Å². The number of benzene rings is 1. The van der Waals surface area contributed by atoms with Crippen molar-refractivity contribution >= 4 is 11.3 Å². The number of nitrogens with zero attached hydrogens (tertiary/aromatic N) is 1. The fraction of sp³-hybridized carbons (Fsp3) is 0.400. The number of rotatable bonds is 7. The second kappa shape index (κ2) is 7.29. The van der Waals surface area contributed by atoms with E-state index in [1.54, 1.807) is 11.3 Å². The summed E-state index contributed by atoms with van der Waals surface area (Å²) in [6, 6.07) is 11.2. The summed E-state index contributed by atoms with van der Waals surface area (Å²) in [5.41, 5.74) is 3.31. The van der Waals surface area contributed by atoms with Crippen LogP contribution in [0.4, 0.5) is 0 Å². The van der Waals surface area contributed by atoms with Crippen LogP contribution in [0.3, 0.4) is 0 Å². The molecule has 0 aliphatic heterocycles. The summed E-state index contributed by atoms with van der Waals surface area (Å²) in [4.78, 5) is 5.51. The van der Waals surface area contributed by atoms with Gasteiger partial charge in [0.1, 0.15) is 0 Å². The molecule has 1 N–H and O–H groups in total. The van der Waals surface area contributed by atoms with E-state index in [2.05, 4.69) is 47.6 Å². The zero-order chi connectivity index (χ0) is 12.6. The van der Waals surface area contributed by atoms with Crippen molar-refractivity contribution in [3.05, 3.63) is 52.5 Å². The van der Waals surface area contributed by atoms with Crippen LogP contribution in [0.1, 0.15) is 23.8 Å². The molecule has 2 rings (SSSR count). The molecule has 0 saturated heterocycles. The van der Waals surface area contributed by atoms with Crippen molar-refractivity contribution in [2.24, 2.45) is 0 Å². The zero-order valence-corrected chi connectivity index (χ0v) is 11.6. The normalized spacial score (nSPS) is 12.5.